The Morgan fingerprint density at radius 2 is 2.23 bits per heavy atom. The third-order valence-electron chi connectivity index (χ3n) is 2.71. The minimum atomic E-state index is -0.426. The molecule has 2 rings (SSSR count). The van der Waals surface area contributed by atoms with Crippen LogP contribution in [0.25, 0.3) is 11.3 Å². The monoisotopic (exact) mass is 317 g/mol. The van der Waals surface area contributed by atoms with Crippen LogP contribution < -0.4 is 11.2 Å². The first kappa shape index (κ1) is 15.6. The Kier molecular flexibility index (Phi) is 4.78. The van der Waals surface area contributed by atoms with Gasteiger partial charge in [-0.3, -0.25) is 10.8 Å². The number of benzene rings is 1. The van der Waals surface area contributed by atoms with E-state index in [-0.39, 0.29) is 12.3 Å². The average molecular weight is 318 g/mol. The minimum Gasteiger partial charge on any atom is -0.459 e. The molecule has 112 valence electrons. The van der Waals surface area contributed by atoms with Crippen LogP contribution in [0, 0.1) is 16.7 Å². The summed E-state index contributed by atoms with van der Waals surface area (Å²) in [5.74, 6) is 0.549. The molecule has 0 fully saturated rings. The molecule has 0 atom stereocenters. The summed E-state index contributed by atoms with van der Waals surface area (Å²) in [6.07, 6.45) is 0. The van der Waals surface area contributed by atoms with Crippen molar-refractivity contribution in [3.05, 3.63) is 41.1 Å². The highest BCUT2D eigenvalue weighted by Gasteiger charge is 2.09. The highest BCUT2D eigenvalue weighted by atomic mass is 35.5. The Bertz CT molecular complexity index is 776. The number of nitrogens with two attached hydrogens (primary N) is 1. The molecule has 0 aliphatic rings. The van der Waals surface area contributed by atoms with E-state index in [1.54, 1.807) is 36.4 Å². The lowest BCUT2D eigenvalue weighted by atomic mass is 10.1. The number of nitriles is 1. The second-order valence-corrected chi connectivity index (χ2v) is 4.62. The third kappa shape index (κ3) is 3.44. The van der Waals surface area contributed by atoms with E-state index < -0.39 is 5.84 Å². The van der Waals surface area contributed by atoms with Crippen LogP contribution in [0.4, 0.5) is 5.69 Å². The molecule has 7 nitrogen and oxygen atoms in total. The SMILES string of the molecule is N#C/C(=N\Nc1ccc(-c2ccc(CO)o2)c(Cl)c1)C(=N)N. The van der Waals surface area contributed by atoms with Crippen LogP contribution in [0.5, 0.6) is 0 Å². The molecule has 0 amide bonds. The zero-order chi connectivity index (χ0) is 16.1. The summed E-state index contributed by atoms with van der Waals surface area (Å²) < 4.78 is 5.42. The summed E-state index contributed by atoms with van der Waals surface area (Å²) in [6, 6.07) is 10.1. The molecule has 2 aromatic rings. The largest absolute Gasteiger partial charge is 0.459 e. The number of halogens is 1. The van der Waals surface area contributed by atoms with Crippen molar-refractivity contribution >= 4 is 28.8 Å². The molecule has 0 spiro atoms. The average Bonchev–Trinajstić information content (AvgIpc) is 2.96. The Hall–Kier alpha value is -2.82. The van der Waals surface area contributed by atoms with Gasteiger partial charge in [0.05, 0.1) is 10.7 Å². The van der Waals surface area contributed by atoms with Gasteiger partial charge in [-0.2, -0.15) is 10.4 Å². The van der Waals surface area contributed by atoms with Crippen molar-refractivity contribution in [3.63, 3.8) is 0 Å². The maximum Gasteiger partial charge on any atom is 0.201 e. The van der Waals surface area contributed by atoms with Gasteiger partial charge in [0.15, 0.2) is 5.84 Å². The Labute approximate surface area is 131 Å². The van der Waals surface area contributed by atoms with Gasteiger partial charge in [0.1, 0.15) is 24.2 Å². The van der Waals surface area contributed by atoms with Gasteiger partial charge in [0.2, 0.25) is 5.71 Å². The molecule has 0 aliphatic carbocycles. The van der Waals surface area contributed by atoms with Crippen molar-refractivity contribution in [1.29, 1.82) is 10.7 Å². The van der Waals surface area contributed by atoms with Crippen LogP contribution >= 0.6 is 11.6 Å². The molecule has 0 bridgehead atoms. The second kappa shape index (κ2) is 6.76. The smallest absolute Gasteiger partial charge is 0.201 e. The van der Waals surface area contributed by atoms with Crippen LogP contribution in [0.2, 0.25) is 5.02 Å². The molecule has 1 aromatic heterocycles. The van der Waals surface area contributed by atoms with Crippen molar-refractivity contribution in [2.75, 3.05) is 5.43 Å². The predicted molar refractivity (Wildman–Crippen MR) is 83.7 cm³/mol. The highest BCUT2D eigenvalue weighted by Crippen LogP contribution is 2.31. The molecular weight excluding hydrogens is 306 g/mol. The van der Waals surface area contributed by atoms with Crippen molar-refractivity contribution in [1.82, 2.24) is 0 Å². The molecule has 0 radical (unpaired) electrons. The second-order valence-electron chi connectivity index (χ2n) is 4.22. The van der Waals surface area contributed by atoms with Crippen molar-refractivity contribution in [2.45, 2.75) is 6.61 Å². The fourth-order valence-electron chi connectivity index (χ4n) is 1.66. The predicted octanol–water partition coefficient (Wildman–Crippen LogP) is 2.32. The number of aliphatic hydroxyl groups is 1. The fraction of sp³-hybridized carbons (Fsp3) is 0.0714. The first-order valence-corrected chi connectivity index (χ1v) is 6.50. The number of rotatable bonds is 5. The van der Waals surface area contributed by atoms with E-state index in [9.17, 15) is 0 Å². The van der Waals surface area contributed by atoms with Gasteiger partial charge < -0.3 is 15.3 Å². The van der Waals surface area contributed by atoms with Gasteiger partial charge >= 0.3 is 0 Å². The summed E-state index contributed by atoms with van der Waals surface area (Å²) in [6.45, 7) is -0.187. The van der Waals surface area contributed by atoms with Gasteiger partial charge in [0.25, 0.3) is 0 Å². The summed E-state index contributed by atoms with van der Waals surface area (Å²) in [5, 5.41) is 29.0. The number of nitrogens with one attached hydrogen (secondary N) is 2. The zero-order valence-corrected chi connectivity index (χ0v) is 12.1. The maximum atomic E-state index is 9.00. The molecular formula is C14H12ClN5O2. The lowest BCUT2D eigenvalue weighted by Gasteiger charge is -2.05. The summed E-state index contributed by atoms with van der Waals surface area (Å²) in [7, 11) is 0. The van der Waals surface area contributed by atoms with Gasteiger partial charge in [-0.25, -0.2) is 0 Å². The fourth-order valence-corrected chi connectivity index (χ4v) is 1.93. The number of furan rings is 1. The van der Waals surface area contributed by atoms with E-state index in [2.05, 4.69) is 10.5 Å². The number of hydrogen-bond donors (Lipinski definition) is 4. The zero-order valence-electron chi connectivity index (χ0n) is 11.3. The van der Waals surface area contributed by atoms with E-state index in [0.717, 1.165) is 0 Å². The molecule has 1 aromatic carbocycles. The van der Waals surface area contributed by atoms with Crippen molar-refractivity contribution < 1.29 is 9.52 Å². The van der Waals surface area contributed by atoms with E-state index in [0.29, 0.717) is 27.8 Å². The number of amidine groups is 1. The topological polar surface area (TPSA) is 131 Å². The van der Waals surface area contributed by atoms with Crippen LogP contribution in [-0.2, 0) is 6.61 Å². The molecule has 0 unspecified atom stereocenters. The standard InChI is InChI=1S/C14H12ClN5O2/c15-11-5-8(19-20-12(6-16)14(17)18)1-3-10(11)13-4-2-9(7-21)22-13/h1-5,19,21H,7H2,(H3,17,18)/b20-12+. The van der Waals surface area contributed by atoms with Gasteiger partial charge in [0, 0.05) is 5.56 Å². The minimum absolute atomic E-state index is 0.187. The summed E-state index contributed by atoms with van der Waals surface area (Å²) in [4.78, 5) is 0. The Morgan fingerprint density at radius 3 is 2.77 bits per heavy atom. The van der Waals surface area contributed by atoms with Gasteiger partial charge in [-0.05, 0) is 30.3 Å². The Balaban J connectivity index is 2.23. The molecule has 1 heterocycles. The number of hydrazone groups is 1. The third-order valence-corrected chi connectivity index (χ3v) is 3.02. The van der Waals surface area contributed by atoms with Crippen molar-refractivity contribution in [3.8, 4) is 17.4 Å². The number of nitrogens with zero attached hydrogens (tertiary/aromatic N) is 2. The molecule has 0 saturated heterocycles. The molecule has 22 heavy (non-hydrogen) atoms. The van der Waals surface area contributed by atoms with E-state index in [4.69, 9.17) is 37.5 Å². The van der Waals surface area contributed by atoms with Crippen LogP contribution in [0.3, 0.4) is 0 Å². The Morgan fingerprint density at radius 1 is 1.45 bits per heavy atom. The lowest BCUT2D eigenvalue weighted by molar-refractivity contribution is 0.248. The number of aliphatic hydroxyl groups excluding tert-OH is 1. The van der Waals surface area contributed by atoms with Crippen LogP contribution in [0.1, 0.15) is 5.76 Å². The normalized spacial score (nSPS) is 11.0. The maximum absolute atomic E-state index is 9.00. The van der Waals surface area contributed by atoms with Crippen molar-refractivity contribution in [2.24, 2.45) is 10.8 Å². The first-order valence-electron chi connectivity index (χ1n) is 6.13. The van der Waals surface area contributed by atoms with Gasteiger partial charge in [-0.1, -0.05) is 11.6 Å². The molecule has 5 N–H and O–H groups in total. The molecule has 8 heteroatoms. The summed E-state index contributed by atoms with van der Waals surface area (Å²) >= 11 is 6.19. The lowest BCUT2D eigenvalue weighted by Crippen LogP contribution is -2.21. The highest BCUT2D eigenvalue weighted by molar-refractivity contribution is 6.45. The van der Waals surface area contributed by atoms with Gasteiger partial charge in [-0.15, -0.1) is 0 Å². The summed E-state index contributed by atoms with van der Waals surface area (Å²) in [5.41, 5.74) is 8.75. The number of hydrogen-bond acceptors (Lipinski definition) is 6. The van der Waals surface area contributed by atoms with E-state index >= 15 is 0 Å². The first-order chi connectivity index (χ1) is 10.5. The quantitative estimate of drug-likeness (QED) is 0.382. The van der Waals surface area contributed by atoms with Crippen LogP contribution in [0.15, 0.2) is 39.9 Å². The molecule has 0 aliphatic heterocycles. The van der Waals surface area contributed by atoms with E-state index in [1.165, 1.54) is 0 Å². The molecule has 0 saturated carbocycles. The number of anilines is 1. The van der Waals surface area contributed by atoms with Crippen LogP contribution in [-0.4, -0.2) is 16.7 Å². The van der Waals surface area contributed by atoms with E-state index in [1.807, 2.05) is 0 Å².